The number of esters is 1. The minimum atomic E-state index is -0.576. The molecule has 0 bridgehead atoms. The van der Waals surface area contributed by atoms with Crippen LogP contribution in [0.3, 0.4) is 0 Å². The Balaban J connectivity index is 2.49. The van der Waals surface area contributed by atoms with Crippen molar-refractivity contribution in [3.05, 3.63) is 40.3 Å². The van der Waals surface area contributed by atoms with Crippen molar-refractivity contribution in [2.45, 2.75) is 6.92 Å². The molecular formula is C13H12N2O4. The average molecular weight is 260 g/mol. The van der Waals surface area contributed by atoms with Gasteiger partial charge in [-0.1, -0.05) is 0 Å². The fourth-order valence-corrected chi connectivity index (χ4v) is 1.62. The molecule has 2 aromatic heterocycles. The van der Waals surface area contributed by atoms with Gasteiger partial charge in [0.2, 0.25) is 0 Å². The normalized spacial score (nSPS) is 11.0. The summed E-state index contributed by atoms with van der Waals surface area (Å²) in [7, 11) is 0. The Bertz CT molecular complexity index is 703. The number of aromatic amines is 1. The van der Waals surface area contributed by atoms with E-state index in [9.17, 15) is 14.7 Å². The highest BCUT2D eigenvalue weighted by Gasteiger charge is 2.10. The molecule has 6 nitrogen and oxygen atoms in total. The highest BCUT2D eigenvalue weighted by Crippen LogP contribution is 2.23. The molecule has 0 aromatic carbocycles. The van der Waals surface area contributed by atoms with Gasteiger partial charge in [-0.15, -0.1) is 0 Å². The number of carbonyl (C=O) groups excluding carboxylic acids is 1. The molecule has 2 aromatic rings. The maximum absolute atomic E-state index is 11.8. The number of aromatic nitrogens is 2. The Morgan fingerprint density at radius 2 is 2.37 bits per heavy atom. The number of hydrogen-bond acceptors (Lipinski definition) is 5. The Hall–Kier alpha value is -2.63. The van der Waals surface area contributed by atoms with Gasteiger partial charge in [-0.05, 0) is 25.1 Å². The third kappa shape index (κ3) is 2.62. The van der Waals surface area contributed by atoms with Crippen molar-refractivity contribution in [3.63, 3.8) is 0 Å². The molecule has 0 radical (unpaired) electrons. The van der Waals surface area contributed by atoms with E-state index in [1.165, 1.54) is 12.3 Å². The van der Waals surface area contributed by atoms with Crippen LogP contribution in [0.1, 0.15) is 12.5 Å². The predicted molar refractivity (Wildman–Crippen MR) is 69.7 cm³/mol. The Morgan fingerprint density at radius 3 is 3.11 bits per heavy atom. The van der Waals surface area contributed by atoms with E-state index in [4.69, 9.17) is 4.74 Å². The molecule has 0 aliphatic rings. The minimum Gasteiger partial charge on any atom is -0.506 e. The fraction of sp³-hybridized carbons (Fsp3) is 0.154. The van der Waals surface area contributed by atoms with E-state index < -0.39 is 11.5 Å². The highest BCUT2D eigenvalue weighted by molar-refractivity contribution is 5.90. The standard InChI is InChI=1S/C13H12N2O4/c1-2-19-10(16)6-5-9-11(17)8-4-3-7-14-12(8)15-13(9)18/h3-7H,2H2,1H3,(H2,14,15,17,18). The molecule has 98 valence electrons. The predicted octanol–water partition coefficient (Wildman–Crippen LogP) is 1.20. The topological polar surface area (TPSA) is 92.3 Å². The second kappa shape index (κ2) is 5.34. The van der Waals surface area contributed by atoms with Crippen molar-refractivity contribution >= 4 is 23.1 Å². The molecule has 19 heavy (non-hydrogen) atoms. The number of carbonyl (C=O) groups is 1. The van der Waals surface area contributed by atoms with Crippen LogP contribution in [-0.2, 0) is 9.53 Å². The molecule has 2 rings (SSSR count). The number of H-pyrrole nitrogens is 1. The van der Waals surface area contributed by atoms with Crippen LogP contribution in [-0.4, -0.2) is 27.7 Å². The van der Waals surface area contributed by atoms with E-state index >= 15 is 0 Å². The summed E-state index contributed by atoms with van der Waals surface area (Å²) in [5.74, 6) is -0.792. The molecule has 0 atom stereocenters. The number of hydrogen-bond donors (Lipinski definition) is 2. The monoisotopic (exact) mass is 260 g/mol. The van der Waals surface area contributed by atoms with Crippen LogP contribution in [0.4, 0.5) is 0 Å². The number of fused-ring (bicyclic) bond motifs is 1. The van der Waals surface area contributed by atoms with Gasteiger partial charge >= 0.3 is 5.97 Å². The highest BCUT2D eigenvalue weighted by atomic mass is 16.5. The molecule has 0 amide bonds. The lowest BCUT2D eigenvalue weighted by atomic mass is 10.1. The zero-order valence-corrected chi connectivity index (χ0v) is 10.2. The second-order valence-corrected chi connectivity index (χ2v) is 3.70. The van der Waals surface area contributed by atoms with Crippen molar-refractivity contribution in [2.24, 2.45) is 0 Å². The van der Waals surface area contributed by atoms with Gasteiger partial charge in [0.15, 0.2) is 0 Å². The molecule has 0 saturated carbocycles. The Kier molecular flexibility index (Phi) is 3.61. The maximum Gasteiger partial charge on any atom is 0.330 e. The van der Waals surface area contributed by atoms with Crippen LogP contribution in [0.25, 0.3) is 17.1 Å². The zero-order valence-electron chi connectivity index (χ0n) is 10.2. The van der Waals surface area contributed by atoms with Crippen molar-refractivity contribution in [1.29, 1.82) is 0 Å². The summed E-state index contributed by atoms with van der Waals surface area (Å²) in [5, 5.41) is 10.4. The number of ether oxygens (including phenoxy) is 1. The van der Waals surface area contributed by atoms with E-state index in [1.807, 2.05) is 0 Å². The van der Waals surface area contributed by atoms with Gasteiger partial charge < -0.3 is 14.8 Å². The lowest BCUT2D eigenvalue weighted by Gasteiger charge is -2.03. The molecule has 0 spiro atoms. The van der Waals surface area contributed by atoms with Crippen molar-refractivity contribution in [2.75, 3.05) is 6.61 Å². The molecule has 0 saturated heterocycles. The van der Waals surface area contributed by atoms with Gasteiger partial charge in [0, 0.05) is 12.3 Å². The van der Waals surface area contributed by atoms with Crippen LogP contribution in [0, 0.1) is 0 Å². The molecule has 6 heteroatoms. The first-order valence-corrected chi connectivity index (χ1v) is 5.68. The van der Waals surface area contributed by atoms with Gasteiger partial charge in [0.1, 0.15) is 11.4 Å². The van der Waals surface area contributed by atoms with Gasteiger partial charge in [0.25, 0.3) is 5.56 Å². The van der Waals surface area contributed by atoms with Crippen LogP contribution >= 0.6 is 0 Å². The van der Waals surface area contributed by atoms with Crippen LogP contribution in [0.2, 0.25) is 0 Å². The van der Waals surface area contributed by atoms with Crippen LogP contribution in [0.15, 0.2) is 29.2 Å². The van der Waals surface area contributed by atoms with Gasteiger partial charge in [-0.3, -0.25) is 4.79 Å². The molecule has 0 aliphatic heterocycles. The van der Waals surface area contributed by atoms with E-state index in [0.29, 0.717) is 11.0 Å². The first kappa shape index (κ1) is 12.8. The van der Waals surface area contributed by atoms with Gasteiger partial charge in [0.05, 0.1) is 17.6 Å². The van der Waals surface area contributed by atoms with Crippen molar-refractivity contribution in [3.8, 4) is 5.75 Å². The lowest BCUT2D eigenvalue weighted by molar-refractivity contribution is -0.137. The fourth-order valence-electron chi connectivity index (χ4n) is 1.62. The van der Waals surface area contributed by atoms with E-state index in [1.54, 1.807) is 19.1 Å². The summed E-state index contributed by atoms with van der Waals surface area (Å²) in [4.78, 5) is 29.4. The first-order valence-electron chi connectivity index (χ1n) is 5.68. The number of rotatable bonds is 3. The summed E-state index contributed by atoms with van der Waals surface area (Å²) in [5.41, 5.74) is -0.240. The van der Waals surface area contributed by atoms with Gasteiger partial charge in [-0.2, -0.15) is 0 Å². The lowest BCUT2D eigenvalue weighted by Crippen LogP contribution is -2.10. The third-order valence-electron chi connectivity index (χ3n) is 2.47. The Labute approximate surface area is 108 Å². The number of nitrogens with one attached hydrogen (secondary N) is 1. The summed E-state index contributed by atoms with van der Waals surface area (Å²) >= 11 is 0. The van der Waals surface area contributed by atoms with Crippen LogP contribution < -0.4 is 5.56 Å². The van der Waals surface area contributed by atoms with Crippen molar-refractivity contribution in [1.82, 2.24) is 9.97 Å². The third-order valence-corrected chi connectivity index (χ3v) is 2.47. The van der Waals surface area contributed by atoms with E-state index in [2.05, 4.69) is 9.97 Å². The molecule has 0 unspecified atom stereocenters. The minimum absolute atomic E-state index is 0.00597. The molecule has 0 aliphatic carbocycles. The number of pyridine rings is 2. The number of nitrogens with zero attached hydrogens (tertiary/aromatic N) is 1. The van der Waals surface area contributed by atoms with Crippen molar-refractivity contribution < 1.29 is 14.6 Å². The molecule has 2 N–H and O–H groups in total. The Morgan fingerprint density at radius 1 is 1.58 bits per heavy atom. The first-order chi connectivity index (χ1) is 9.13. The SMILES string of the molecule is CCOC(=O)C=Cc1c(O)c2cccnc2[nH]c1=O. The second-order valence-electron chi connectivity index (χ2n) is 3.70. The van der Waals surface area contributed by atoms with Crippen LogP contribution in [0.5, 0.6) is 5.75 Å². The largest absolute Gasteiger partial charge is 0.506 e. The molecule has 0 fully saturated rings. The smallest absolute Gasteiger partial charge is 0.330 e. The average Bonchev–Trinajstić information content (AvgIpc) is 2.39. The summed E-state index contributed by atoms with van der Waals surface area (Å²) in [6.07, 6.45) is 3.82. The quantitative estimate of drug-likeness (QED) is 0.639. The summed E-state index contributed by atoms with van der Waals surface area (Å²) in [6.45, 7) is 1.92. The van der Waals surface area contributed by atoms with E-state index in [-0.39, 0.29) is 17.9 Å². The van der Waals surface area contributed by atoms with Gasteiger partial charge in [-0.25, -0.2) is 9.78 Å². The number of aromatic hydroxyl groups is 1. The zero-order chi connectivity index (χ0) is 13.8. The maximum atomic E-state index is 11.8. The molecule has 2 heterocycles. The summed E-state index contributed by atoms with van der Waals surface area (Å²) < 4.78 is 4.70. The molecular weight excluding hydrogens is 248 g/mol. The van der Waals surface area contributed by atoms with E-state index in [0.717, 1.165) is 6.08 Å². The summed E-state index contributed by atoms with van der Waals surface area (Å²) in [6, 6.07) is 3.26.